The van der Waals surface area contributed by atoms with Gasteiger partial charge in [0.15, 0.2) is 5.96 Å². The second-order valence-corrected chi connectivity index (χ2v) is 6.75. The van der Waals surface area contributed by atoms with Crippen LogP contribution in [0.5, 0.6) is 0 Å². The number of hydrogen-bond donors (Lipinski definition) is 3. The molecule has 3 N–H and O–H groups in total. The Morgan fingerprint density at radius 2 is 2.00 bits per heavy atom. The number of rotatable bonds is 8. The highest BCUT2D eigenvalue weighted by molar-refractivity contribution is 7.89. The molecule has 0 radical (unpaired) electrons. The lowest BCUT2D eigenvalue weighted by Gasteiger charge is -2.12. The lowest BCUT2D eigenvalue weighted by atomic mass is 10.4. The van der Waals surface area contributed by atoms with E-state index in [1.807, 2.05) is 13.8 Å². The van der Waals surface area contributed by atoms with Crippen LogP contribution in [0.25, 0.3) is 0 Å². The van der Waals surface area contributed by atoms with E-state index in [-0.39, 0.29) is 11.4 Å². The number of nitrogens with zero attached hydrogens (tertiary/aromatic N) is 1. The van der Waals surface area contributed by atoms with Crippen LogP contribution in [0.1, 0.15) is 20.3 Å². The van der Waals surface area contributed by atoms with E-state index in [2.05, 4.69) is 20.3 Å². The van der Waals surface area contributed by atoms with Crippen molar-refractivity contribution in [1.82, 2.24) is 15.4 Å². The van der Waals surface area contributed by atoms with Gasteiger partial charge in [0, 0.05) is 31.2 Å². The highest BCUT2D eigenvalue weighted by Crippen LogP contribution is 2.14. The molecule has 124 valence electrons. The predicted octanol–water partition coefficient (Wildman–Crippen LogP) is 1.58. The average molecular weight is 347 g/mol. The maximum atomic E-state index is 12.1. The molecule has 0 saturated carbocycles. The molecular weight excluding hydrogens is 324 g/mol. The smallest absolute Gasteiger partial charge is 0.240 e. The van der Waals surface area contributed by atoms with Crippen molar-refractivity contribution in [3.05, 3.63) is 29.3 Å². The zero-order valence-electron chi connectivity index (χ0n) is 12.9. The monoisotopic (exact) mass is 346 g/mol. The van der Waals surface area contributed by atoms with Gasteiger partial charge in [0.05, 0.1) is 4.90 Å². The van der Waals surface area contributed by atoms with Crippen LogP contribution in [0.15, 0.2) is 34.2 Å². The van der Waals surface area contributed by atoms with E-state index >= 15 is 0 Å². The van der Waals surface area contributed by atoms with Gasteiger partial charge in [-0.3, -0.25) is 4.99 Å². The van der Waals surface area contributed by atoms with Gasteiger partial charge in [0.1, 0.15) is 0 Å². The number of aliphatic imine (C=N–C) groups is 1. The molecule has 0 amide bonds. The van der Waals surface area contributed by atoms with E-state index < -0.39 is 10.0 Å². The molecule has 0 spiro atoms. The topological polar surface area (TPSA) is 82.6 Å². The molecule has 0 bridgehead atoms. The lowest BCUT2D eigenvalue weighted by molar-refractivity contribution is 0.580. The minimum absolute atomic E-state index is 0.159. The molecule has 0 unspecified atom stereocenters. The fourth-order valence-corrected chi connectivity index (χ4v) is 2.98. The van der Waals surface area contributed by atoms with E-state index in [0.717, 1.165) is 19.5 Å². The van der Waals surface area contributed by atoms with Gasteiger partial charge in [-0.1, -0.05) is 24.6 Å². The Hall–Kier alpha value is -1.31. The quantitative estimate of drug-likeness (QED) is 0.379. The molecule has 0 fully saturated rings. The number of hydrogen-bond acceptors (Lipinski definition) is 3. The van der Waals surface area contributed by atoms with Crippen LogP contribution in [-0.4, -0.2) is 40.6 Å². The standard InChI is InChI=1S/C14H23ClN4O2S/c1-3-8-17-14(16-4-2)18-9-10-19-22(20,21)13-7-5-6-12(15)11-13/h5-7,11,19H,3-4,8-10H2,1-2H3,(H2,16,17,18). The Balaban J connectivity index is 2.49. The van der Waals surface area contributed by atoms with E-state index in [1.165, 1.54) is 12.1 Å². The summed E-state index contributed by atoms with van der Waals surface area (Å²) >= 11 is 5.81. The Kier molecular flexibility index (Phi) is 8.22. The third-order valence-electron chi connectivity index (χ3n) is 2.65. The first-order chi connectivity index (χ1) is 10.5. The highest BCUT2D eigenvalue weighted by Gasteiger charge is 2.13. The number of sulfonamides is 1. The number of nitrogens with one attached hydrogen (secondary N) is 3. The van der Waals surface area contributed by atoms with Crippen LogP contribution in [0.4, 0.5) is 0 Å². The van der Waals surface area contributed by atoms with Gasteiger partial charge in [-0.15, -0.1) is 0 Å². The van der Waals surface area contributed by atoms with E-state index in [9.17, 15) is 8.42 Å². The van der Waals surface area contributed by atoms with Gasteiger partial charge in [-0.25, -0.2) is 13.1 Å². The minimum Gasteiger partial charge on any atom is -0.357 e. The Morgan fingerprint density at radius 1 is 1.23 bits per heavy atom. The molecule has 22 heavy (non-hydrogen) atoms. The summed E-state index contributed by atoms with van der Waals surface area (Å²) in [7, 11) is -3.54. The average Bonchev–Trinajstić information content (AvgIpc) is 2.49. The van der Waals surface area contributed by atoms with E-state index in [0.29, 0.717) is 17.5 Å². The minimum atomic E-state index is -3.54. The second-order valence-electron chi connectivity index (χ2n) is 4.54. The van der Waals surface area contributed by atoms with Gasteiger partial charge in [0.25, 0.3) is 0 Å². The fourth-order valence-electron chi connectivity index (χ4n) is 1.65. The van der Waals surface area contributed by atoms with Crippen molar-refractivity contribution in [2.45, 2.75) is 25.2 Å². The zero-order valence-corrected chi connectivity index (χ0v) is 14.5. The molecule has 8 heteroatoms. The molecule has 0 aliphatic heterocycles. The molecule has 0 aliphatic rings. The van der Waals surface area contributed by atoms with Crippen LogP contribution < -0.4 is 15.4 Å². The van der Waals surface area contributed by atoms with E-state index in [4.69, 9.17) is 11.6 Å². The molecule has 0 saturated heterocycles. The summed E-state index contributed by atoms with van der Waals surface area (Å²) in [5.41, 5.74) is 0. The van der Waals surface area contributed by atoms with Crippen molar-refractivity contribution in [2.24, 2.45) is 4.99 Å². The number of guanidine groups is 1. The van der Waals surface area contributed by atoms with Gasteiger partial charge >= 0.3 is 0 Å². The van der Waals surface area contributed by atoms with Gasteiger partial charge in [-0.2, -0.15) is 0 Å². The van der Waals surface area contributed by atoms with Crippen molar-refractivity contribution < 1.29 is 8.42 Å². The number of halogens is 1. The summed E-state index contributed by atoms with van der Waals surface area (Å²) in [4.78, 5) is 4.49. The zero-order chi connectivity index (χ0) is 16.4. The largest absolute Gasteiger partial charge is 0.357 e. The Bertz CT molecular complexity index is 590. The summed E-state index contributed by atoms with van der Waals surface area (Å²) in [6.07, 6.45) is 0.956. The van der Waals surface area contributed by atoms with Crippen LogP contribution in [-0.2, 0) is 10.0 Å². The van der Waals surface area contributed by atoms with Crippen LogP contribution in [0, 0.1) is 0 Å². The van der Waals surface area contributed by atoms with Gasteiger partial charge < -0.3 is 10.6 Å². The summed E-state index contributed by atoms with van der Waals surface area (Å²) < 4.78 is 26.7. The van der Waals surface area contributed by atoms with Crippen LogP contribution >= 0.6 is 11.6 Å². The Labute approximate surface area is 137 Å². The first kappa shape index (κ1) is 18.7. The maximum absolute atomic E-state index is 12.1. The predicted molar refractivity (Wildman–Crippen MR) is 90.9 cm³/mol. The van der Waals surface area contributed by atoms with E-state index in [1.54, 1.807) is 12.1 Å². The molecule has 1 rings (SSSR count). The summed E-state index contributed by atoms with van der Waals surface area (Å²) in [5, 5.41) is 6.57. The summed E-state index contributed by atoms with van der Waals surface area (Å²) in [6.45, 7) is 6.20. The maximum Gasteiger partial charge on any atom is 0.240 e. The van der Waals surface area contributed by atoms with Crippen molar-refractivity contribution in [2.75, 3.05) is 26.2 Å². The van der Waals surface area contributed by atoms with Gasteiger partial charge in [-0.05, 0) is 31.5 Å². The van der Waals surface area contributed by atoms with Crippen molar-refractivity contribution >= 4 is 27.6 Å². The summed E-state index contributed by atoms with van der Waals surface area (Å²) in [6, 6.07) is 6.17. The molecule has 0 aromatic heterocycles. The molecule has 0 atom stereocenters. The first-order valence-corrected chi connectivity index (χ1v) is 9.13. The third kappa shape index (κ3) is 6.64. The molecule has 6 nitrogen and oxygen atoms in total. The third-order valence-corrected chi connectivity index (χ3v) is 4.35. The lowest BCUT2D eigenvalue weighted by Crippen LogP contribution is -2.41. The number of benzene rings is 1. The molecule has 0 aliphatic carbocycles. The Morgan fingerprint density at radius 3 is 2.64 bits per heavy atom. The van der Waals surface area contributed by atoms with Crippen LogP contribution in [0.3, 0.4) is 0 Å². The van der Waals surface area contributed by atoms with Crippen molar-refractivity contribution in [3.8, 4) is 0 Å². The normalized spacial score (nSPS) is 12.2. The fraction of sp³-hybridized carbons (Fsp3) is 0.500. The van der Waals surface area contributed by atoms with Gasteiger partial charge in [0.2, 0.25) is 10.0 Å². The molecular formula is C14H23ClN4O2S. The van der Waals surface area contributed by atoms with Crippen LogP contribution in [0.2, 0.25) is 5.02 Å². The highest BCUT2D eigenvalue weighted by atomic mass is 35.5. The molecule has 1 aromatic rings. The van der Waals surface area contributed by atoms with Crippen molar-refractivity contribution in [3.63, 3.8) is 0 Å². The summed E-state index contributed by atoms with van der Waals surface area (Å²) in [5.74, 6) is 0.686. The first-order valence-electron chi connectivity index (χ1n) is 7.27. The second kappa shape index (κ2) is 9.66. The molecule has 1 aromatic carbocycles. The molecule has 0 heterocycles. The SMILES string of the molecule is CCCN=C(NCC)NCCNS(=O)(=O)c1cccc(Cl)c1. The van der Waals surface area contributed by atoms with Crippen molar-refractivity contribution in [1.29, 1.82) is 0 Å².